The molecule has 5 nitrogen and oxygen atoms in total. The van der Waals surface area contributed by atoms with Crippen molar-refractivity contribution in [1.29, 1.82) is 0 Å². The van der Waals surface area contributed by atoms with Gasteiger partial charge in [-0.2, -0.15) is 11.8 Å². The van der Waals surface area contributed by atoms with E-state index in [1.54, 1.807) is 0 Å². The van der Waals surface area contributed by atoms with E-state index in [0.717, 1.165) is 19.5 Å². The molecular formula is C12H20N2O3S. The molecule has 2 aliphatic rings. The zero-order valence-corrected chi connectivity index (χ0v) is 11.7. The Morgan fingerprint density at radius 2 is 1.83 bits per heavy atom. The Hall–Kier alpha value is -0.910. The molecule has 1 N–H and O–H groups in total. The van der Waals surface area contributed by atoms with Crippen LogP contribution in [0.4, 0.5) is 4.79 Å². The van der Waals surface area contributed by atoms with E-state index in [1.165, 1.54) is 4.90 Å². The second-order valence-electron chi connectivity index (χ2n) is 5.13. The van der Waals surface area contributed by atoms with Crippen LogP contribution in [0.25, 0.3) is 0 Å². The molecule has 0 aliphatic carbocycles. The predicted molar refractivity (Wildman–Crippen MR) is 70.8 cm³/mol. The minimum atomic E-state index is -0.881. The number of hydrogen-bond donors (Lipinski definition) is 1. The third kappa shape index (κ3) is 2.74. The van der Waals surface area contributed by atoms with Crippen molar-refractivity contribution >= 4 is 23.8 Å². The van der Waals surface area contributed by atoms with Gasteiger partial charge in [0.15, 0.2) is 0 Å². The van der Waals surface area contributed by atoms with Gasteiger partial charge in [-0.25, -0.2) is 9.59 Å². The second-order valence-corrected chi connectivity index (χ2v) is 7.02. The summed E-state index contributed by atoms with van der Waals surface area (Å²) >= 11 is 1.88. The largest absolute Gasteiger partial charge is 0.480 e. The molecule has 2 rings (SSSR count). The lowest BCUT2D eigenvalue weighted by Crippen LogP contribution is -2.52. The number of hydrogen-bond acceptors (Lipinski definition) is 3. The van der Waals surface area contributed by atoms with Gasteiger partial charge >= 0.3 is 12.0 Å². The van der Waals surface area contributed by atoms with E-state index in [9.17, 15) is 9.59 Å². The highest BCUT2D eigenvalue weighted by molar-refractivity contribution is 8.00. The molecule has 2 amide bonds. The number of rotatable bonds is 1. The molecule has 2 aliphatic heterocycles. The fourth-order valence-electron chi connectivity index (χ4n) is 2.77. The molecule has 18 heavy (non-hydrogen) atoms. The molecule has 2 fully saturated rings. The van der Waals surface area contributed by atoms with Gasteiger partial charge < -0.3 is 14.9 Å². The summed E-state index contributed by atoms with van der Waals surface area (Å²) < 4.78 is 0. The third-order valence-electron chi connectivity index (χ3n) is 3.47. The Labute approximate surface area is 112 Å². The first-order valence-electron chi connectivity index (χ1n) is 6.43. The van der Waals surface area contributed by atoms with Crippen molar-refractivity contribution in [3.8, 4) is 0 Å². The van der Waals surface area contributed by atoms with E-state index in [-0.39, 0.29) is 6.03 Å². The molecular weight excluding hydrogens is 252 g/mol. The van der Waals surface area contributed by atoms with E-state index in [4.69, 9.17) is 5.11 Å². The molecule has 2 saturated heterocycles. The van der Waals surface area contributed by atoms with Gasteiger partial charge in [0.1, 0.15) is 6.04 Å². The minimum absolute atomic E-state index is 0.0982. The summed E-state index contributed by atoms with van der Waals surface area (Å²) in [6.45, 7) is 6.23. The maximum absolute atomic E-state index is 12.4. The summed E-state index contributed by atoms with van der Waals surface area (Å²) in [5.41, 5.74) is 0. The maximum Gasteiger partial charge on any atom is 0.326 e. The van der Waals surface area contributed by atoms with E-state index in [2.05, 4.69) is 13.8 Å². The van der Waals surface area contributed by atoms with Crippen molar-refractivity contribution < 1.29 is 14.7 Å². The number of aliphatic carboxylic acids is 1. The molecule has 0 spiro atoms. The topological polar surface area (TPSA) is 60.9 Å². The van der Waals surface area contributed by atoms with Crippen LogP contribution in [0.15, 0.2) is 0 Å². The van der Waals surface area contributed by atoms with Gasteiger partial charge in [-0.3, -0.25) is 0 Å². The highest BCUT2D eigenvalue weighted by atomic mass is 32.2. The molecule has 0 radical (unpaired) electrons. The van der Waals surface area contributed by atoms with Crippen LogP contribution in [0, 0.1) is 0 Å². The zero-order chi connectivity index (χ0) is 13.3. The van der Waals surface area contributed by atoms with Crippen molar-refractivity contribution in [3.05, 3.63) is 0 Å². The summed E-state index contributed by atoms with van der Waals surface area (Å²) in [5.74, 6) is -0.881. The van der Waals surface area contributed by atoms with Gasteiger partial charge in [0.25, 0.3) is 0 Å². The van der Waals surface area contributed by atoms with E-state index < -0.39 is 12.0 Å². The standard InChI is InChI=1S/C12H20N2O3S/c1-8-6-13(7-9(2)18-8)12(17)14-5-3-4-10(14)11(15)16/h8-10H,3-7H2,1-2H3,(H,15,16). The second kappa shape index (κ2) is 5.38. The minimum Gasteiger partial charge on any atom is -0.480 e. The van der Waals surface area contributed by atoms with Gasteiger partial charge in [-0.1, -0.05) is 13.8 Å². The summed E-state index contributed by atoms with van der Waals surface area (Å²) in [6.07, 6.45) is 1.37. The van der Waals surface area contributed by atoms with E-state index in [1.807, 2.05) is 16.7 Å². The smallest absolute Gasteiger partial charge is 0.326 e. The molecule has 0 aromatic rings. The first-order valence-corrected chi connectivity index (χ1v) is 7.37. The van der Waals surface area contributed by atoms with E-state index >= 15 is 0 Å². The molecule has 0 bridgehead atoms. The first kappa shape index (κ1) is 13.5. The maximum atomic E-state index is 12.4. The lowest BCUT2D eigenvalue weighted by molar-refractivity contribution is -0.141. The number of nitrogens with zero attached hydrogens (tertiary/aromatic N) is 2. The van der Waals surface area contributed by atoms with Crippen LogP contribution in [-0.2, 0) is 4.79 Å². The highest BCUT2D eigenvalue weighted by Gasteiger charge is 2.37. The van der Waals surface area contributed by atoms with Crippen molar-refractivity contribution in [2.45, 2.75) is 43.2 Å². The Bertz CT molecular complexity index is 340. The number of carboxylic acids is 1. The van der Waals surface area contributed by atoms with Crippen LogP contribution in [-0.4, -0.2) is 63.1 Å². The average molecular weight is 272 g/mol. The number of likely N-dealkylation sites (tertiary alicyclic amines) is 1. The normalized spacial score (nSPS) is 32.7. The Morgan fingerprint density at radius 1 is 1.22 bits per heavy atom. The van der Waals surface area contributed by atoms with Crippen molar-refractivity contribution in [2.75, 3.05) is 19.6 Å². The molecule has 102 valence electrons. The number of urea groups is 1. The van der Waals surface area contributed by atoms with Gasteiger partial charge in [0.05, 0.1) is 0 Å². The fraction of sp³-hybridized carbons (Fsp3) is 0.833. The van der Waals surface area contributed by atoms with Crippen LogP contribution in [0.5, 0.6) is 0 Å². The molecule has 0 aromatic heterocycles. The SMILES string of the molecule is CC1CN(C(=O)N2CCCC2C(=O)O)CC(C)S1. The lowest BCUT2D eigenvalue weighted by Gasteiger charge is -2.37. The predicted octanol–water partition coefficient (Wildman–Crippen LogP) is 1.48. The molecule has 3 atom stereocenters. The lowest BCUT2D eigenvalue weighted by atomic mass is 10.2. The van der Waals surface area contributed by atoms with Gasteiger partial charge in [0.2, 0.25) is 0 Å². The number of thioether (sulfide) groups is 1. The van der Waals surface area contributed by atoms with Gasteiger partial charge in [-0.15, -0.1) is 0 Å². The molecule has 0 saturated carbocycles. The summed E-state index contributed by atoms with van der Waals surface area (Å²) in [5, 5.41) is 9.96. The van der Waals surface area contributed by atoms with E-state index in [0.29, 0.717) is 23.5 Å². The summed E-state index contributed by atoms with van der Waals surface area (Å²) in [4.78, 5) is 26.8. The monoisotopic (exact) mass is 272 g/mol. The highest BCUT2D eigenvalue weighted by Crippen LogP contribution is 2.27. The number of carbonyl (C=O) groups excluding carboxylic acids is 1. The number of carboxylic acid groups (broad SMARTS) is 1. The molecule has 2 heterocycles. The zero-order valence-electron chi connectivity index (χ0n) is 10.8. The van der Waals surface area contributed by atoms with Crippen LogP contribution in [0.1, 0.15) is 26.7 Å². The third-order valence-corrected chi connectivity index (χ3v) is 4.70. The van der Waals surface area contributed by atoms with Crippen molar-refractivity contribution in [3.63, 3.8) is 0 Å². The van der Waals surface area contributed by atoms with Crippen molar-refractivity contribution in [2.24, 2.45) is 0 Å². The Kier molecular flexibility index (Phi) is 4.04. The van der Waals surface area contributed by atoms with Crippen LogP contribution >= 0.6 is 11.8 Å². The van der Waals surface area contributed by atoms with Gasteiger partial charge in [0, 0.05) is 30.1 Å². The number of amides is 2. The van der Waals surface area contributed by atoms with Crippen molar-refractivity contribution in [1.82, 2.24) is 9.80 Å². The van der Waals surface area contributed by atoms with Crippen LogP contribution < -0.4 is 0 Å². The fourth-order valence-corrected chi connectivity index (χ4v) is 4.09. The van der Waals surface area contributed by atoms with Crippen LogP contribution in [0.2, 0.25) is 0 Å². The first-order chi connectivity index (χ1) is 8.49. The Morgan fingerprint density at radius 3 is 2.39 bits per heavy atom. The number of carbonyl (C=O) groups is 2. The summed E-state index contributed by atoms with van der Waals surface area (Å²) in [6, 6.07) is -0.725. The summed E-state index contributed by atoms with van der Waals surface area (Å²) in [7, 11) is 0. The average Bonchev–Trinajstić information content (AvgIpc) is 2.75. The quantitative estimate of drug-likeness (QED) is 0.785. The van der Waals surface area contributed by atoms with Gasteiger partial charge in [-0.05, 0) is 12.8 Å². The molecule has 6 heteroatoms. The Balaban J connectivity index is 2.04. The van der Waals surface area contributed by atoms with Crippen LogP contribution in [0.3, 0.4) is 0 Å². The molecule has 0 aromatic carbocycles. The molecule has 3 unspecified atom stereocenters.